The Hall–Kier alpha value is -0.540. The van der Waals surface area contributed by atoms with Crippen LogP contribution in [-0.2, 0) is 0 Å². The smallest absolute Gasteiger partial charge is 0.203 e. The number of imidazole rings is 1. The highest BCUT2D eigenvalue weighted by Crippen LogP contribution is 2.30. The van der Waals surface area contributed by atoms with Gasteiger partial charge in [0.1, 0.15) is 0 Å². The van der Waals surface area contributed by atoms with Crippen molar-refractivity contribution >= 4 is 11.6 Å². The molecule has 0 radical (unpaired) electrons. The van der Waals surface area contributed by atoms with E-state index in [0.717, 1.165) is 6.54 Å². The first-order valence-corrected chi connectivity index (χ1v) is 5.88. The molecule has 15 heavy (non-hydrogen) atoms. The van der Waals surface area contributed by atoms with E-state index in [-0.39, 0.29) is 0 Å². The van der Waals surface area contributed by atoms with Gasteiger partial charge < -0.3 is 9.47 Å². The fourth-order valence-corrected chi connectivity index (χ4v) is 2.68. The molecular formula is C11H18ClN3. The highest BCUT2D eigenvalue weighted by molar-refractivity contribution is 6.28. The first kappa shape index (κ1) is 11.0. The molecule has 0 aliphatic carbocycles. The Morgan fingerprint density at radius 2 is 2.27 bits per heavy atom. The van der Waals surface area contributed by atoms with Crippen LogP contribution in [0.2, 0.25) is 5.28 Å². The topological polar surface area (TPSA) is 21.1 Å². The van der Waals surface area contributed by atoms with E-state index in [1.54, 1.807) is 0 Å². The van der Waals surface area contributed by atoms with Crippen molar-refractivity contribution in [3.05, 3.63) is 17.2 Å². The summed E-state index contributed by atoms with van der Waals surface area (Å²) in [7, 11) is 2.16. The van der Waals surface area contributed by atoms with Crippen molar-refractivity contribution in [3.63, 3.8) is 0 Å². The van der Waals surface area contributed by atoms with Gasteiger partial charge in [0.2, 0.25) is 5.28 Å². The first-order valence-electron chi connectivity index (χ1n) is 5.50. The predicted molar refractivity (Wildman–Crippen MR) is 62.5 cm³/mol. The molecule has 84 valence electrons. The van der Waals surface area contributed by atoms with Crippen molar-refractivity contribution in [1.82, 2.24) is 14.5 Å². The summed E-state index contributed by atoms with van der Waals surface area (Å²) < 4.78 is 2.14. The highest BCUT2D eigenvalue weighted by Gasteiger charge is 2.25. The van der Waals surface area contributed by atoms with Gasteiger partial charge in [-0.25, -0.2) is 4.98 Å². The number of likely N-dealkylation sites (tertiary alicyclic amines) is 1. The maximum absolute atomic E-state index is 6.09. The maximum Gasteiger partial charge on any atom is 0.203 e. The van der Waals surface area contributed by atoms with E-state index in [1.807, 2.05) is 6.20 Å². The van der Waals surface area contributed by atoms with Gasteiger partial charge in [0.05, 0.1) is 6.20 Å². The van der Waals surface area contributed by atoms with E-state index >= 15 is 0 Å². The normalized spacial score (nSPS) is 22.9. The van der Waals surface area contributed by atoms with Crippen molar-refractivity contribution in [2.45, 2.75) is 32.2 Å². The largest absolute Gasteiger partial charge is 0.316 e. The number of aromatic nitrogens is 2. The van der Waals surface area contributed by atoms with Crippen molar-refractivity contribution in [2.75, 3.05) is 20.1 Å². The van der Waals surface area contributed by atoms with Crippen LogP contribution in [0.15, 0.2) is 6.20 Å². The lowest BCUT2D eigenvalue weighted by molar-refractivity contribution is 0.407. The third kappa shape index (κ3) is 2.04. The van der Waals surface area contributed by atoms with Gasteiger partial charge in [-0.3, -0.25) is 0 Å². The lowest BCUT2D eigenvalue weighted by Gasteiger charge is -2.17. The zero-order chi connectivity index (χ0) is 11.0. The SMILES string of the molecule is CC(C)n1c(C2CCN(C)C2)cnc1Cl. The van der Waals surface area contributed by atoms with Crippen molar-refractivity contribution < 1.29 is 0 Å². The van der Waals surface area contributed by atoms with Crippen molar-refractivity contribution in [2.24, 2.45) is 0 Å². The number of hydrogen-bond acceptors (Lipinski definition) is 2. The summed E-state index contributed by atoms with van der Waals surface area (Å²) in [5.41, 5.74) is 1.29. The Kier molecular flexibility index (Phi) is 3.03. The predicted octanol–water partition coefficient (Wildman–Crippen LogP) is 2.54. The molecule has 1 unspecified atom stereocenters. The molecule has 4 heteroatoms. The van der Waals surface area contributed by atoms with E-state index in [1.165, 1.54) is 18.7 Å². The van der Waals surface area contributed by atoms with Crippen LogP contribution in [0.3, 0.4) is 0 Å². The molecule has 3 nitrogen and oxygen atoms in total. The zero-order valence-corrected chi connectivity index (χ0v) is 10.3. The molecule has 1 aromatic rings. The minimum Gasteiger partial charge on any atom is -0.316 e. The van der Waals surface area contributed by atoms with Gasteiger partial charge >= 0.3 is 0 Å². The molecule has 0 bridgehead atoms. The summed E-state index contributed by atoms with van der Waals surface area (Å²) in [5, 5.41) is 0.620. The number of rotatable bonds is 2. The molecule has 1 aliphatic rings. The van der Waals surface area contributed by atoms with Gasteiger partial charge in [0, 0.05) is 24.2 Å². The van der Waals surface area contributed by atoms with Crippen LogP contribution in [0.25, 0.3) is 0 Å². The summed E-state index contributed by atoms with van der Waals surface area (Å²) in [6.07, 6.45) is 3.15. The summed E-state index contributed by atoms with van der Waals surface area (Å²) >= 11 is 6.09. The average molecular weight is 228 g/mol. The lowest BCUT2D eigenvalue weighted by Crippen LogP contribution is -2.15. The number of hydrogen-bond donors (Lipinski definition) is 0. The van der Waals surface area contributed by atoms with Crippen LogP contribution in [0.5, 0.6) is 0 Å². The van der Waals surface area contributed by atoms with Crippen LogP contribution >= 0.6 is 11.6 Å². The van der Waals surface area contributed by atoms with Crippen LogP contribution in [0.4, 0.5) is 0 Å². The Morgan fingerprint density at radius 3 is 2.80 bits per heavy atom. The Bertz CT molecular complexity index is 346. The average Bonchev–Trinajstić information content (AvgIpc) is 2.71. The molecule has 0 spiro atoms. The zero-order valence-electron chi connectivity index (χ0n) is 9.57. The molecule has 1 aromatic heterocycles. The Morgan fingerprint density at radius 1 is 1.53 bits per heavy atom. The Labute approximate surface area is 96.0 Å². The van der Waals surface area contributed by atoms with Crippen LogP contribution in [0, 0.1) is 0 Å². The monoisotopic (exact) mass is 227 g/mol. The van der Waals surface area contributed by atoms with Crippen molar-refractivity contribution in [3.8, 4) is 0 Å². The van der Waals surface area contributed by atoms with E-state index < -0.39 is 0 Å². The second-order valence-electron chi connectivity index (χ2n) is 4.66. The van der Waals surface area contributed by atoms with Gasteiger partial charge in [-0.1, -0.05) is 0 Å². The number of nitrogens with zero attached hydrogens (tertiary/aromatic N) is 3. The van der Waals surface area contributed by atoms with Crippen LogP contribution < -0.4 is 0 Å². The van der Waals surface area contributed by atoms with E-state index in [9.17, 15) is 0 Å². The van der Waals surface area contributed by atoms with Crippen LogP contribution in [-0.4, -0.2) is 34.6 Å². The van der Waals surface area contributed by atoms with E-state index in [2.05, 4.69) is 35.3 Å². The second-order valence-corrected chi connectivity index (χ2v) is 5.00. The van der Waals surface area contributed by atoms with E-state index in [4.69, 9.17) is 11.6 Å². The molecule has 2 heterocycles. The molecule has 1 atom stereocenters. The van der Waals surface area contributed by atoms with Gasteiger partial charge in [0.25, 0.3) is 0 Å². The van der Waals surface area contributed by atoms with Gasteiger partial charge in [-0.05, 0) is 45.5 Å². The van der Waals surface area contributed by atoms with Gasteiger partial charge in [0.15, 0.2) is 0 Å². The summed E-state index contributed by atoms with van der Waals surface area (Å²) in [6.45, 7) is 6.59. The van der Waals surface area contributed by atoms with E-state index in [0.29, 0.717) is 17.2 Å². The molecule has 0 amide bonds. The minimum absolute atomic E-state index is 0.390. The Balaban J connectivity index is 2.28. The third-order valence-corrected chi connectivity index (χ3v) is 3.39. The van der Waals surface area contributed by atoms with Gasteiger partial charge in [-0.15, -0.1) is 0 Å². The first-order chi connectivity index (χ1) is 7.09. The molecule has 0 aromatic carbocycles. The number of likely N-dealkylation sites (N-methyl/N-ethyl adjacent to an activating group) is 1. The molecule has 1 aliphatic heterocycles. The maximum atomic E-state index is 6.09. The quantitative estimate of drug-likeness (QED) is 0.774. The summed E-state index contributed by atoms with van der Waals surface area (Å²) in [5.74, 6) is 0.595. The minimum atomic E-state index is 0.390. The third-order valence-electron chi connectivity index (χ3n) is 3.11. The second kappa shape index (κ2) is 4.14. The highest BCUT2D eigenvalue weighted by atomic mass is 35.5. The fourth-order valence-electron chi connectivity index (χ4n) is 2.34. The summed E-state index contributed by atoms with van der Waals surface area (Å²) in [6, 6.07) is 0.390. The van der Waals surface area contributed by atoms with Crippen molar-refractivity contribution in [1.29, 1.82) is 0 Å². The molecule has 1 saturated heterocycles. The molecule has 0 saturated carbocycles. The van der Waals surface area contributed by atoms with Gasteiger partial charge in [-0.2, -0.15) is 0 Å². The lowest BCUT2D eigenvalue weighted by atomic mass is 10.1. The molecule has 2 rings (SSSR count). The van der Waals surface area contributed by atoms with Crippen LogP contribution in [0.1, 0.15) is 37.9 Å². The fraction of sp³-hybridized carbons (Fsp3) is 0.727. The summed E-state index contributed by atoms with van der Waals surface area (Å²) in [4.78, 5) is 6.57. The molecule has 0 N–H and O–H groups in total. The molecular weight excluding hydrogens is 210 g/mol. The number of halogens is 1. The standard InChI is InChI=1S/C11H18ClN3/c1-8(2)15-10(6-13-11(15)12)9-4-5-14(3)7-9/h6,8-9H,4-5,7H2,1-3H3. The molecule has 1 fully saturated rings.